The van der Waals surface area contributed by atoms with E-state index in [9.17, 15) is 9.59 Å². The van der Waals surface area contributed by atoms with E-state index in [1.807, 2.05) is 42.9 Å². The molecule has 4 heteroatoms. The summed E-state index contributed by atoms with van der Waals surface area (Å²) >= 11 is 0. The molecule has 0 aromatic heterocycles. The molecule has 0 heterocycles. The highest BCUT2D eigenvalue weighted by molar-refractivity contribution is 5.83. The van der Waals surface area contributed by atoms with Crippen molar-refractivity contribution >= 4 is 12.6 Å². The zero-order valence-corrected chi connectivity index (χ0v) is 10.2. The van der Waals surface area contributed by atoms with Crippen LogP contribution in [0.25, 0.3) is 0 Å². The molecule has 0 saturated heterocycles. The first-order chi connectivity index (χ1) is 8.64. The summed E-state index contributed by atoms with van der Waals surface area (Å²) in [6.45, 7) is 2.19. The Morgan fingerprint density at radius 2 is 2.00 bits per heavy atom. The fourth-order valence-corrected chi connectivity index (χ4v) is 2.35. The van der Waals surface area contributed by atoms with Gasteiger partial charge >= 0.3 is 0 Å². The second-order valence-corrected chi connectivity index (χ2v) is 4.78. The van der Waals surface area contributed by atoms with Gasteiger partial charge in [-0.2, -0.15) is 0 Å². The Balaban J connectivity index is 2.12. The second-order valence-electron chi connectivity index (χ2n) is 4.78. The highest BCUT2D eigenvalue weighted by Crippen LogP contribution is 2.61. The van der Waals surface area contributed by atoms with Crippen molar-refractivity contribution in [2.24, 2.45) is 17.1 Å². The van der Waals surface area contributed by atoms with Gasteiger partial charge in [0.15, 0.2) is 5.60 Å². The minimum atomic E-state index is -1.24. The van der Waals surface area contributed by atoms with Crippen molar-refractivity contribution in [1.29, 1.82) is 0 Å². The van der Waals surface area contributed by atoms with Gasteiger partial charge in [-0.15, -0.1) is 0 Å². The van der Waals surface area contributed by atoms with Crippen LogP contribution in [0.5, 0.6) is 0 Å². The number of rotatable bonds is 6. The van der Waals surface area contributed by atoms with Gasteiger partial charge in [-0.05, 0) is 5.56 Å². The van der Waals surface area contributed by atoms with E-state index in [0.717, 1.165) is 5.56 Å². The average Bonchev–Trinajstić information content (AvgIpc) is 2.97. The molecule has 1 aromatic rings. The van der Waals surface area contributed by atoms with Gasteiger partial charge in [0.25, 0.3) is 0 Å². The number of hydrogen-bond acceptors (Lipinski definition) is 4. The zero-order valence-electron chi connectivity index (χ0n) is 10.2. The van der Waals surface area contributed by atoms with E-state index in [1.54, 1.807) is 6.92 Å². The van der Waals surface area contributed by atoms with Gasteiger partial charge in [-0.25, -0.2) is 0 Å². The summed E-state index contributed by atoms with van der Waals surface area (Å²) in [5.74, 6) is -0.629. The fraction of sp³-hybridized carbons (Fsp3) is 0.429. The highest BCUT2D eigenvalue weighted by atomic mass is 16.5. The minimum Gasteiger partial charge on any atom is -0.361 e. The lowest BCUT2D eigenvalue weighted by atomic mass is 10.0. The molecule has 1 fully saturated rings. The Morgan fingerprint density at radius 1 is 1.33 bits per heavy atom. The second kappa shape index (κ2) is 4.63. The Kier molecular flexibility index (Phi) is 3.32. The van der Waals surface area contributed by atoms with Crippen molar-refractivity contribution in [3.05, 3.63) is 35.9 Å². The molecular weight excluding hydrogens is 230 g/mol. The van der Waals surface area contributed by atoms with Gasteiger partial charge in [0.1, 0.15) is 0 Å². The summed E-state index contributed by atoms with van der Waals surface area (Å²) in [4.78, 5) is 22.1. The molecule has 94 valence electrons. The number of benzene rings is 1. The van der Waals surface area contributed by atoms with E-state index in [-0.39, 0.29) is 13.2 Å². The number of nitrogens with two attached hydrogens (primary N) is 1. The topological polar surface area (TPSA) is 69.4 Å². The summed E-state index contributed by atoms with van der Waals surface area (Å²) in [6.07, 6.45) is 3.69. The highest BCUT2D eigenvalue weighted by Gasteiger charge is 2.76. The van der Waals surface area contributed by atoms with Crippen molar-refractivity contribution in [2.45, 2.75) is 19.1 Å². The van der Waals surface area contributed by atoms with Crippen LogP contribution in [0.3, 0.4) is 0 Å². The summed E-state index contributed by atoms with van der Waals surface area (Å²) in [7, 11) is 0. The zero-order chi connectivity index (χ0) is 13.2. The lowest BCUT2D eigenvalue weighted by molar-refractivity contribution is 0.0365. The van der Waals surface area contributed by atoms with E-state index < -0.39 is 16.9 Å². The van der Waals surface area contributed by atoms with Crippen molar-refractivity contribution in [2.75, 3.05) is 6.54 Å². The normalized spacial score (nSPS) is 34.0. The van der Waals surface area contributed by atoms with Crippen molar-refractivity contribution in [3.63, 3.8) is 0 Å². The summed E-state index contributed by atoms with van der Waals surface area (Å²) in [5, 5.41) is 0. The standard InChI is InChI=1S/C14H15NO3/c1-13(9-15)12(7-16)14(13,10-17)18-8-11-5-3-2-4-6-11/h2-6,12H,8-9,15H2,1H3. The maximum Gasteiger partial charge on any atom is 0.234 e. The summed E-state index contributed by atoms with van der Waals surface area (Å²) in [6, 6.07) is 9.44. The van der Waals surface area contributed by atoms with Gasteiger partial charge in [0, 0.05) is 12.0 Å². The minimum absolute atomic E-state index is 0.191. The van der Waals surface area contributed by atoms with Crippen LogP contribution in [0.15, 0.2) is 30.3 Å². The molecule has 1 aliphatic rings. The molecule has 0 bridgehead atoms. The molecule has 0 amide bonds. The van der Waals surface area contributed by atoms with Crippen LogP contribution in [0.1, 0.15) is 12.5 Å². The third-order valence-corrected chi connectivity index (χ3v) is 3.81. The van der Waals surface area contributed by atoms with Crippen LogP contribution >= 0.6 is 0 Å². The first kappa shape index (κ1) is 12.9. The maximum atomic E-state index is 11.2. The number of carbonyl (C=O) groups excluding carboxylic acids is 2. The molecular formula is C14H15NO3. The fourth-order valence-electron chi connectivity index (χ4n) is 2.35. The van der Waals surface area contributed by atoms with E-state index in [1.165, 1.54) is 0 Å². The first-order valence-electron chi connectivity index (χ1n) is 5.79. The average molecular weight is 245 g/mol. The third kappa shape index (κ3) is 1.69. The van der Waals surface area contributed by atoms with Gasteiger partial charge in [-0.1, -0.05) is 37.3 Å². The smallest absolute Gasteiger partial charge is 0.234 e. The van der Waals surface area contributed by atoms with Crippen LogP contribution in [0.2, 0.25) is 0 Å². The molecule has 1 aromatic carbocycles. The van der Waals surface area contributed by atoms with Gasteiger partial charge in [0.2, 0.25) is 12.6 Å². The van der Waals surface area contributed by atoms with Crippen LogP contribution < -0.4 is 5.73 Å². The SMILES string of the molecule is CC1(CN)C([C]=O)C1([C]=O)OCc1ccccc1. The molecule has 3 unspecified atom stereocenters. The molecule has 1 aliphatic carbocycles. The molecule has 0 spiro atoms. The van der Waals surface area contributed by atoms with Gasteiger partial charge < -0.3 is 10.5 Å². The van der Waals surface area contributed by atoms with Gasteiger partial charge in [0.05, 0.1) is 12.5 Å². The predicted molar refractivity (Wildman–Crippen MR) is 66.0 cm³/mol. The van der Waals surface area contributed by atoms with E-state index >= 15 is 0 Å². The maximum absolute atomic E-state index is 11.2. The van der Waals surface area contributed by atoms with Crippen LogP contribution in [-0.4, -0.2) is 24.7 Å². The Morgan fingerprint density at radius 3 is 2.44 bits per heavy atom. The largest absolute Gasteiger partial charge is 0.361 e. The third-order valence-electron chi connectivity index (χ3n) is 3.81. The Labute approximate surface area is 106 Å². The molecule has 2 rings (SSSR count). The molecule has 2 radical (unpaired) electrons. The van der Waals surface area contributed by atoms with Crippen molar-refractivity contribution in [3.8, 4) is 0 Å². The van der Waals surface area contributed by atoms with Crippen LogP contribution in [0, 0.1) is 11.3 Å². The van der Waals surface area contributed by atoms with E-state index in [2.05, 4.69) is 0 Å². The quantitative estimate of drug-likeness (QED) is 0.803. The lowest BCUT2D eigenvalue weighted by Crippen LogP contribution is -2.29. The molecule has 0 aliphatic heterocycles. The summed E-state index contributed by atoms with van der Waals surface area (Å²) in [5.41, 5.74) is 4.62. The molecule has 3 atom stereocenters. The van der Waals surface area contributed by atoms with Crippen LogP contribution in [0.4, 0.5) is 0 Å². The Bertz CT molecular complexity index is 448. The molecule has 1 saturated carbocycles. The number of ether oxygens (including phenoxy) is 1. The Hall–Kier alpha value is -1.52. The van der Waals surface area contributed by atoms with Crippen molar-refractivity contribution in [1.82, 2.24) is 0 Å². The monoisotopic (exact) mass is 245 g/mol. The van der Waals surface area contributed by atoms with Crippen molar-refractivity contribution < 1.29 is 14.3 Å². The summed E-state index contributed by atoms with van der Waals surface area (Å²) < 4.78 is 5.62. The van der Waals surface area contributed by atoms with Gasteiger partial charge in [-0.3, -0.25) is 9.59 Å². The molecule has 2 N–H and O–H groups in total. The molecule has 4 nitrogen and oxygen atoms in total. The predicted octanol–water partition coefficient (Wildman–Crippen LogP) is 0.756. The lowest BCUT2D eigenvalue weighted by Gasteiger charge is -2.15. The van der Waals surface area contributed by atoms with E-state index in [0.29, 0.717) is 0 Å². The number of hydrogen-bond donors (Lipinski definition) is 1. The first-order valence-corrected chi connectivity index (χ1v) is 5.79. The molecule has 18 heavy (non-hydrogen) atoms. The van der Waals surface area contributed by atoms with Crippen LogP contribution in [-0.2, 0) is 20.9 Å². The van der Waals surface area contributed by atoms with E-state index in [4.69, 9.17) is 10.5 Å².